The molecule has 0 saturated heterocycles. The van der Waals surface area contributed by atoms with Gasteiger partial charge in [0.1, 0.15) is 17.2 Å². The van der Waals surface area contributed by atoms with Crippen molar-refractivity contribution in [3.05, 3.63) is 34.9 Å². The highest BCUT2D eigenvalue weighted by molar-refractivity contribution is 5.28. The zero-order chi connectivity index (χ0) is 12.2. The molecule has 0 aromatic heterocycles. The van der Waals surface area contributed by atoms with E-state index in [2.05, 4.69) is 0 Å². The highest BCUT2D eigenvalue weighted by Gasteiger charge is 2.38. The van der Waals surface area contributed by atoms with Crippen LogP contribution in [0, 0.1) is 18.6 Å². The van der Waals surface area contributed by atoms with Crippen LogP contribution in [0.5, 0.6) is 0 Å². The third-order valence-electron chi connectivity index (χ3n) is 1.57. The second-order valence-electron chi connectivity index (χ2n) is 2.55. The lowest BCUT2D eigenvalue weighted by molar-refractivity contribution is -0.142. The molecule has 86 valence electrons. The van der Waals surface area contributed by atoms with E-state index in [9.17, 15) is 22.0 Å². The summed E-state index contributed by atoms with van der Waals surface area (Å²) in [7, 11) is 0. The van der Waals surface area contributed by atoms with Gasteiger partial charge in [-0.2, -0.15) is 13.2 Å². The van der Waals surface area contributed by atoms with Crippen molar-refractivity contribution in [2.24, 2.45) is 0 Å². The van der Waals surface area contributed by atoms with Gasteiger partial charge in [-0.3, -0.25) is 0 Å². The first-order valence-electron chi connectivity index (χ1n) is 4.36. The molecule has 0 unspecified atom stereocenters. The van der Waals surface area contributed by atoms with Crippen LogP contribution < -0.4 is 0 Å². The predicted octanol–water partition coefficient (Wildman–Crippen LogP) is 4.32. The fraction of sp³-hybridized carbons (Fsp3) is 0.400. The molecule has 15 heavy (non-hydrogen) atoms. The molecule has 0 nitrogen and oxygen atoms in total. The van der Waals surface area contributed by atoms with Crippen LogP contribution in [0.25, 0.3) is 0 Å². The Morgan fingerprint density at radius 2 is 1.47 bits per heavy atom. The van der Waals surface area contributed by atoms with Crippen LogP contribution in [0.15, 0.2) is 12.1 Å². The van der Waals surface area contributed by atoms with Gasteiger partial charge in [-0.1, -0.05) is 19.9 Å². The number of alkyl halides is 3. The zero-order valence-corrected chi connectivity index (χ0v) is 8.54. The molecule has 1 aromatic carbocycles. The highest BCUT2D eigenvalue weighted by atomic mass is 19.4. The van der Waals surface area contributed by atoms with Gasteiger partial charge in [-0.15, -0.1) is 0 Å². The van der Waals surface area contributed by atoms with Crippen LogP contribution in [-0.4, -0.2) is 0 Å². The lowest BCUT2D eigenvalue weighted by Crippen LogP contribution is -2.12. The molecule has 0 amide bonds. The standard InChI is InChI=1S/C8H5F5.C2H6/c1-4-2-3-5(9)6(7(4)10)8(11,12)13;1-2/h2-3H,1H3;1-2H3. The van der Waals surface area contributed by atoms with E-state index in [0.29, 0.717) is 6.07 Å². The first kappa shape index (κ1) is 13.9. The van der Waals surface area contributed by atoms with Gasteiger partial charge in [0, 0.05) is 0 Å². The van der Waals surface area contributed by atoms with Gasteiger partial charge in [0.25, 0.3) is 0 Å². The molecule has 1 rings (SSSR count). The van der Waals surface area contributed by atoms with Crippen LogP contribution in [0.3, 0.4) is 0 Å². The monoisotopic (exact) mass is 226 g/mol. The average Bonchev–Trinajstić information content (AvgIpc) is 2.13. The fourth-order valence-electron chi connectivity index (χ4n) is 0.917. The second-order valence-corrected chi connectivity index (χ2v) is 2.55. The summed E-state index contributed by atoms with van der Waals surface area (Å²) in [5.74, 6) is -3.14. The van der Waals surface area contributed by atoms with Crippen LogP contribution in [-0.2, 0) is 6.18 Å². The first-order valence-corrected chi connectivity index (χ1v) is 4.36. The van der Waals surface area contributed by atoms with Gasteiger partial charge in [-0.25, -0.2) is 8.78 Å². The summed E-state index contributed by atoms with van der Waals surface area (Å²) >= 11 is 0. The van der Waals surface area contributed by atoms with Crippen molar-refractivity contribution in [3.8, 4) is 0 Å². The Kier molecular flexibility index (Phi) is 4.71. The molecule has 1 aromatic rings. The van der Waals surface area contributed by atoms with Gasteiger partial charge in [0.2, 0.25) is 0 Å². The van der Waals surface area contributed by atoms with Gasteiger partial charge in [-0.05, 0) is 18.6 Å². The fourth-order valence-corrected chi connectivity index (χ4v) is 0.917. The van der Waals surface area contributed by atoms with Crippen molar-refractivity contribution in [1.29, 1.82) is 0 Å². The second kappa shape index (κ2) is 5.09. The molecule has 0 radical (unpaired) electrons. The van der Waals surface area contributed by atoms with Gasteiger partial charge in [0.15, 0.2) is 0 Å². The van der Waals surface area contributed by atoms with Crippen molar-refractivity contribution in [2.75, 3.05) is 0 Å². The molecule has 0 fully saturated rings. The Hall–Kier alpha value is -1.13. The summed E-state index contributed by atoms with van der Waals surface area (Å²) in [6.45, 7) is 5.14. The zero-order valence-electron chi connectivity index (χ0n) is 8.54. The number of halogens is 5. The van der Waals surface area contributed by atoms with Gasteiger partial charge in [0.05, 0.1) is 0 Å². The van der Waals surface area contributed by atoms with E-state index >= 15 is 0 Å². The molecule has 0 spiro atoms. The van der Waals surface area contributed by atoms with Crippen molar-refractivity contribution >= 4 is 0 Å². The molecule has 0 heterocycles. The lowest BCUT2D eigenvalue weighted by Gasteiger charge is -2.09. The number of benzene rings is 1. The third kappa shape index (κ3) is 3.18. The van der Waals surface area contributed by atoms with E-state index in [0.717, 1.165) is 13.0 Å². The molecular weight excluding hydrogens is 215 g/mol. The van der Waals surface area contributed by atoms with Gasteiger partial charge >= 0.3 is 6.18 Å². The van der Waals surface area contributed by atoms with E-state index in [1.807, 2.05) is 13.8 Å². The molecule has 0 atom stereocenters. The molecule has 5 heteroatoms. The van der Waals surface area contributed by atoms with Crippen molar-refractivity contribution in [1.82, 2.24) is 0 Å². The minimum atomic E-state index is -4.99. The molecule has 0 aliphatic heterocycles. The van der Waals surface area contributed by atoms with E-state index < -0.39 is 23.4 Å². The summed E-state index contributed by atoms with van der Waals surface area (Å²) in [6, 6.07) is 1.56. The molecule has 0 bridgehead atoms. The van der Waals surface area contributed by atoms with Crippen molar-refractivity contribution in [3.63, 3.8) is 0 Å². The summed E-state index contributed by atoms with van der Waals surface area (Å²) < 4.78 is 61.4. The number of hydrogen-bond acceptors (Lipinski definition) is 0. The molecule has 0 aliphatic carbocycles. The Balaban J connectivity index is 0.000000921. The molecule has 0 saturated carbocycles. The maximum absolute atomic E-state index is 12.8. The lowest BCUT2D eigenvalue weighted by atomic mass is 10.1. The minimum Gasteiger partial charge on any atom is -0.206 e. The van der Waals surface area contributed by atoms with Crippen LogP contribution in [0.1, 0.15) is 25.0 Å². The normalized spacial score (nSPS) is 10.7. The van der Waals surface area contributed by atoms with Gasteiger partial charge < -0.3 is 0 Å². The minimum absolute atomic E-state index is 0.228. The topological polar surface area (TPSA) is 0 Å². The SMILES string of the molecule is CC.Cc1ccc(F)c(C(F)(F)F)c1F. The predicted molar refractivity (Wildman–Crippen MR) is 47.4 cm³/mol. The van der Waals surface area contributed by atoms with Crippen LogP contribution in [0.2, 0.25) is 0 Å². The van der Waals surface area contributed by atoms with E-state index in [4.69, 9.17) is 0 Å². The van der Waals surface area contributed by atoms with Crippen LogP contribution in [0.4, 0.5) is 22.0 Å². The van der Waals surface area contributed by atoms with E-state index in [1.165, 1.54) is 0 Å². The number of aryl methyl sites for hydroxylation is 1. The summed E-state index contributed by atoms with van der Waals surface area (Å²) in [5.41, 5.74) is -2.05. The molecular formula is C10H11F5. The molecule has 0 aliphatic rings. The average molecular weight is 226 g/mol. The quantitative estimate of drug-likeness (QED) is 0.578. The molecule has 0 N–H and O–H groups in total. The Morgan fingerprint density at radius 3 is 1.80 bits per heavy atom. The number of hydrogen-bond donors (Lipinski definition) is 0. The summed E-state index contributed by atoms with van der Waals surface area (Å²) in [6.07, 6.45) is -4.99. The largest absolute Gasteiger partial charge is 0.422 e. The summed E-state index contributed by atoms with van der Waals surface area (Å²) in [4.78, 5) is 0. The maximum atomic E-state index is 12.8. The van der Waals surface area contributed by atoms with Crippen molar-refractivity contribution in [2.45, 2.75) is 26.9 Å². The van der Waals surface area contributed by atoms with Crippen LogP contribution >= 0.6 is 0 Å². The highest BCUT2D eigenvalue weighted by Crippen LogP contribution is 2.34. The first-order chi connectivity index (χ1) is 6.84. The summed E-state index contributed by atoms with van der Waals surface area (Å²) in [5, 5.41) is 0. The smallest absolute Gasteiger partial charge is 0.206 e. The maximum Gasteiger partial charge on any atom is 0.422 e. The number of rotatable bonds is 0. The van der Waals surface area contributed by atoms with Crippen molar-refractivity contribution < 1.29 is 22.0 Å². The Bertz CT molecular complexity index is 327. The third-order valence-corrected chi connectivity index (χ3v) is 1.57. The van der Waals surface area contributed by atoms with E-state index in [-0.39, 0.29) is 5.56 Å². The Morgan fingerprint density at radius 1 is 1.00 bits per heavy atom. The van der Waals surface area contributed by atoms with E-state index in [1.54, 1.807) is 0 Å². The Labute approximate surface area is 84.7 Å².